The molecule has 12 heteroatoms. The molecule has 2 aromatic heterocycles. The van der Waals surface area contributed by atoms with Crippen molar-refractivity contribution in [2.24, 2.45) is 7.05 Å². The lowest BCUT2D eigenvalue weighted by atomic mass is 10.2. The lowest BCUT2D eigenvalue weighted by Gasteiger charge is -2.26. The smallest absolute Gasteiger partial charge is 0.323 e. The first kappa shape index (κ1) is 27.0. The van der Waals surface area contributed by atoms with Crippen LogP contribution in [0.2, 0.25) is 5.02 Å². The highest BCUT2D eigenvalue weighted by Crippen LogP contribution is 2.32. The molecule has 0 spiro atoms. The number of carbonyl (C=O) groups excluding carboxylic acids is 2. The van der Waals surface area contributed by atoms with Gasteiger partial charge in [-0.3, -0.25) is 19.6 Å². The molecule has 1 saturated heterocycles. The molecule has 11 nitrogen and oxygen atoms in total. The second-order valence-electron chi connectivity index (χ2n) is 9.04. The Morgan fingerprint density at radius 1 is 1.02 bits per heavy atom. The number of hydrogen-bond acceptors (Lipinski definition) is 6. The number of rotatable bonds is 6. The van der Waals surface area contributed by atoms with Crippen LogP contribution in [0.4, 0.5) is 16.3 Å². The third kappa shape index (κ3) is 5.70. The number of urea groups is 1. The number of nitrogens with zero attached hydrogens (tertiary/aromatic N) is 4. The predicted molar refractivity (Wildman–Crippen MR) is 151 cm³/mol. The SMILES string of the molecule is Cc1c(C(=O)Nc2ccc(Oc3ccnc(NC(=O)N4CCOCC4)c3)c(Cl)c2)c(=O)n(-c2ccccc2)n1C. The van der Waals surface area contributed by atoms with E-state index in [4.69, 9.17) is 21.1 Å². The zero-order chi connectivity index (χ0) is 28.2. The number of amides is 3. The maximum absolute atomic E-state index is 13.1. The highest BCUT2D eigenvalue weighted by molar-refractivity contribution is 6.32. The first-order chi connectivity index (χ1) is 19.3. The molecule has 2 aromatic carbocycles. The van der Waals surface area contributed by atoms with Gasteiger partial charge < -0.3 is 19.7 Å². The molecule has 0 unspecified atom stereocenters. The van der Waals surface area contributed by atoms with Gasteiger partial charge in [-0.05, 0) is 43.3 Å². The fourth-order valence-corrected chi connectivity index (χ4v) is 4.53. The van der Waals surface area contributed by atoms with Crippen LogP contribution in [0.1, 0.15) is 16.1 Å². The Morgan fingerprint density at radius 2 is 1.77 bits per heavy atom. The minimum absolute atomic E-state index is 0.0336. The fourth-order valence-electron chi connectivity index (χ4n) is 4.31. The van der Waals surface area contributed by atoms with E-state index in [1.54, 1.807) is 60.0 Å². The molecule has 0 bridgehead atoms. The molecule has 206 valence electrons. The van der Waals surface area contributed by atoms with Crippen LogP contribution in [0.3, 0.4) is 0 Å². The van der Waals surface area contributed by atoms with Crippen LogP contribution in [0.25, 0.3) is 5.69 Å². The summed E-state index contributed by atoms with van der Waals surface area (Å²) >= 11 is 6.46. The van der Waals surface area contributed by atoms with Crippen LogP contribution in [0.15, 0.2) is 71.7 Å². The van der Waals surface area contributed by atoms with Crippen LogP contribution in [-0.2, 0) is 11.8 Å². The molecular formula is C28H27ClN6O5. The molecule has 3 heterocycles. The van der Waals surface area contributed by atoms with Crippen molar-refractivity contribution in [3.63, 3.8) is 0 Å². The highest BCUT2D eigenvalue weighted by Gasteiger charge is 2.23. The molecule has 40 heavy (non-hydrogen) atoms. The summed E-state index contributed by atoms with van der Waals surface area (Å²) < 4.78 is 14.3. The molecule has 4 aromatic rings. The van der Waals surface area contributed by atoms with Crippen molar-refractivity contribution in [2.75, 3.05) is 36.9 Å². The Hall–Kier alpha value is -4.61. The van der Waals surface area contributed by atoms with Gasteiger partial charge in [0.2, 0.25) is 0 Å². The molecule has 5 rings (SSSR count). The Bertz CT molecular complexity index is 1610. The average molecular weight is 563 g/mol. The van der Waals surface area contributed by atoms with Gasteiger partial charge in [-0.25, -0.2) is 14.5 Å². The molecule has 3 amide bonds. The summed E-state index contributed by atoms with van der Waals surface area (Å²) in [4.78, 5) is 44.5. The van der Waals surface area contributed by atoms with Gasteiger partial charge in [-0.2, -0.15) is 0 Å². The molecule has 0 saturated carbocycles. The Kier molecular flexibility index (Phi) is 7.85. The number of aromatic nitrogens is 3. The third-order valence-corrected chi connectivity index (χ3v) is 6.76. The van der Waals surface area contributed by atoms with Gasteiger partial charge in [0.1, 0.15) is 22.9 Å². The monoisotopic (exact) mass is 562 g/mol. The van der Waals surface area contributed by atoms with Crippen LogP contribution in [-0.4, -0.2) is 57.5 Å². The number of para-hydroxylation sites is 1. The lowest BCUT2D eigenvalue weighted by Crippen LogP contribution is -2.43. The first-order valence-corrected chi connectivity index (χ1v) is 12.9. The molecule has 2 N–H and O–H groups in total. The van der Waals surface area contributed by atoms with Crippen LogP contribution in [0.5, 0.6) is 11.5 Å². The quantitative estimate of drug-likeness (QED) is 0.358. The normalized spacial score (nSPS) is 13.1. The van der Waals surface area contributed by atoms with E-state index >= 15 is 0 Å². The first-order valence-electron chi connectivity index (χ1n) is 12.5. The average Bonchev–Trinajstić information content (AvgIpc) is 3.18. The van der Waals surface area contributed by atoms with Crippen LogP contribution >= 0.6 is 11.6 Å². The number of hydrogen-bond donors (Lipinski definition) is 2. The highest BCUT2D eigenvalue weighted by atomic mass is 35.5. The predicted octanol–water partition coefficient (Wildman–Crippen LogP) is 4.44. The molecule has 0 atom stereocenters. The maximum Gasteiger partial charge on any atom is 0.323 e. The van der Waals surface area contributed by atoms with Crippen molar-refractivity contribution in [2.45, 2.75) is 6.92 Å². The molecule has 1 aliphatic heterocycles. The second kappa shape index (κ2) is 11.6. The second-order valence-corrected chi connectivity index (χ2v) is 9.45. The van der Waals surface area contributed by atoms with E-state index in [0.717, 1.165) is 0 Å². The van der Waals surface area contributed by atoms with E-state index in [9.17, 15) is 14.4 Å². The third-order valence-electron chi connectivity index (χ3n) is 6.46. The molecular weight excluding hydrogens is 536 g/mol. The summed E-state index contributed by atoms with van der Waals surface area (Å²) in [5, 5.41) is 5.74. The minimum Gasteiger partial charge on any atom is -0.456 e. The summed E-state index contributed by atoms with van der Waals surface area (Å²) in [6.45, 7) is 3.72. The van der Waals surface area contributed by atoms with E-state index < -0.39 is 11.5 Å². The van der Waals surface area contributed by atoms with Crippen molar-refractivity contribution in [3.05, 3.63) is 93.5 Å². The molecule has 0 aliphatic carbocycles. The van der Waals surface area contributed by atoms with Crippen molar-refractivity contribution >= 4 is 35.0 Å². The van der Waals surface area contributed by atoms with Gasteiger partial charge in [0.15, 0.2) is 0 Å². The van der Waals surface area contributed by atoms with Gasteiger partial charge in [0.05, 0.1) is 29.6 Å². The number of morpholine rings is 1. The van der Waals surface area contributed by atoms with Gasteiger partial charge >= 0.3 is 6.03 Å². The zero-order valence-corrected chi connectivity index (χ0v) is 22.6. The Morgan fingerprint density at radius 3 is 2.50 bits per heavy atom. The van der Waals surface area contributed by atoms with Crippen molar-refractivity contribution < 1.29 is 19.1 Å². The molecule has 0 radical (unpaired) electrons. The number of nitrogens with one attached hydrogen (secondary N) is 2. The Labute approximate surface area is 234 Å². The van der Waals surface area contributed by atoms with Crippen molar-refractivity contribution in [3.8, 4) is 17.2 Å². The van der Waals surface area contributed by atoms with Crippen LogP contribution in [0, 0.1) is 6.92 Å². The largest absolute Gasteiger partial charge is 0.456 e. The summed E-state index contributed by atoms with van der Waals surface area (Å²) in [6.07, 6.45) is 1.51. The van der Waals surface area contributed by atoms with E-state index in [1.807, 2.05) is 18.2 Å². The topological polar surface area (TPSA) is 120 Å². The summed E-state index contributed by atoms with van der Waals surface area (Å²) in [5.41, 5.74) is 1.17. The van der Waals surface area contributed by atoms with E-state index in [-0.39, 0.29) is 16.6 Å². The number of benzene rings is 2. The lowest BCUT2D eigenvalue weighted by molar-refractivity contribution is 0.0564. The minimum atomic E-state index is -0.549. The van der Waals surface area contributed by atoms with E-state index in [0.29, 0.717) is 60.7 Å². The molecule has 1 aliphatic rings. The number of carbonyl (C=O) groups is 2. The van der Waals surface area contributed by atoms with Gasteiger partial charge in [-0.15, -0.1) is 0 Å². The standard InChI is InChI=1S/C28H27ClN6O5/c1-18-25(27(37)35(33(18)2)20-6-4-3-5-7-20)26(36)31-19-8-9-23(22(29)16-19)40-21-10-11-30-24(17-21)32-28(38)34-12-14-39-15-13-34/h3-11,16-17H,12-15H2,1-2H3,(H,31,36)(H,30,32,38). The van der Waals surface area contributed by atoms with Crippen molar-refractivity contribution in [1.29, 1.82) is 0 Å². The van der Waals surface area contributed by atoms with Gasteiger partial charge in [-0.1, -0.05) is 29.8 Å². The number of halogens is 1. The van der Waals surface area contributed by atoms with Crippen LogP contribution < -0.4 is 20.9 Å². The summed E-state index contributed by atoms with van der Waals surface area (Å²) in [7, 11) is 1.72. The number of ether oxygens (including phenoxy) is 2. The fraction of sp³-hybridized carbons (Fsp3) is 0.214. The number of pyridine rings is 1. The van der Waals surface area contributed by atoms with Crippen molar-refractivity contribution in [1.82, 2.24) is 19.2 Å². The summed E-state index contributed by atoms with van der Waals surface area (Å²) in [6, 6.07) is 16.8. The molecule has 1 fully saturated rings. The van der Waals surface area contributed by atoms with Gasteiger partial charge in [0, 0.05) is 38.1 Å². The zero-order valence-electron chi connectivity index (χ0n) is 21.9. The Balaban J connectivity index is 1.28. The maximum atomic E-state index is 13.1. The number of anilines is 2. The van der Waals surface area contributed by atoms with E-state index in [2.05, 4.69) is 15.6 Å². The van der Waals surface area contributed by atoms with E-state index in [1.165, 1.54) is 16.9 Å². The summed E-state index contributed by atoms with van der Waals surface area (Å²) in [5.74, 6) is 0.520. The van der Waals surface area contributed by atoms with Gasteiger partial charge in [0.25, 0.3) is 11.5 Å².